The summed E-state index contributed by atoms with van der Waals surface area (Å²) in [4.78, 5) is 18.9. The third-order valence-electron chi connectivity index (χ3n) is 3.96. The maximum atomic E-state index is 13.1. The number of aromatic nitrogens is 3. The van der Waals surface area contributed by atoms with E-state index in [9.17, 15) is 9.18 Å². The Labute approximate surface area is 135 Å². The van der Waals surface area contributed by atoms with Gasteiger partial charge in [0.25, 0.3) is 0 Å². The van der Waals surface area contributed by atoms with E-state index in [-0.39, 0.29) is 11.5 Å². The SMILES string of the molecule is Cn1c(=O)[nH]c2nc3ccc(-c4ccc(F)cc4)c(Cl)c3cc21. The lowest BCUT2D eigenvalue weighted by Gasteiger charge is -2.08. The van der Waals surface area contributed by atoms with Crippen molar-refractivity contribution in [3.63, 3.8) is 0 Å². The van der Waals surface area contributed by atoms with Crippen LogP contribution < -0.4 is 5.69 Å². The highest BCUT2D eigenvalue weighted by Gasteiger charge is 2.12. The van der Waals surface area contributed by atoms with E-state index in [1.54, 1.807) is 19.2 Å². The molecular formula is C17H11ClFN3O. The Hall–Kier alpha value is -2.66. The zero-order valence-electron chi connectivity index (χ0n) is 12.1. The highest BCUT2D eigenvalue weighted by molar-refractivity contribution is 6.38. The van der Waals surface area contributed by atoms with Gasteiger partial charge in [0.15, 0.2) is 5.65 Å². The first-order chi connectivity index (χ1) is 11.0. The van der Waals surface area contributed by atoms with Gasteiger partial charge >= 0.3 is 5.69 Å². The number of H-pyrrole nitrogens is 1. The van der Waals surface area contributed by atoms with Crippen molar-refractivity contribution in [2.24, 2.45) is 7.05 Å². The minimum Gasteiger partial charge on any atom is -0.294 e. The van der Waals surface area contributed by atoms with Crippen LogP contribution in [-0.4, -0.2) is 14.5 Å². The van der Waals surface area contributed by atoms with Crippen LogP contribution in [0.2, 0.25) is 5.02 Å². The van der Waals surface area contributed by atoms with Crippen LogP contribution in [0.4, 0.5) is 4.39 Å². The van der Waals surface area contributed by atoms with E-state index < -0.39 is 0 Å². The van der Waals surface area contributed by atoms with Crippen LogP contribution in [0.1, 0.15) is 0 Å². The summed E-state index contributed by atoms with van der Waals surface area (Å²) in [6, 6.07) is 11.7. The van der Waals surface area contributed by atoms with Crippen LogP contribution in [0.15, 0.2) is 47.3 Å². The van der Waals surface area contributed by atoms with Gasteiger partial charge in [-0.1, -0.05) is 29.8 Å². The number of hydrogen-bond acceptors (Lipinski definition) is 2. The molecule has 4 nitrogen and oxygen atoms in total. The molecule has 2 heterocycles. The van der Waals surface area contributed by atoms with Crippen molar-refractivity contribution in [2.45, 2.75) is 0 Å². The van der Waals surface area contributed by atoms with Gasteiger partial charge in [-0.3, -0.25) is 9.55 Å². The standard InChI is InChI=1S/C17H11ClFN3O/c1-22-14-8-12-13(20-16(14)21-17(22)23)7-6-11(15(12)18)9-2-4-10(19)5-3-9/h2-8H,1H3,(H,20,21,23). The third kappa shape index (κ3) is 2.12. The maximum Gasteiger partial charge on any atom is 0.327 e. The minimum absolute atomic E-state index is 0.224. The fraction of sp³-hybridized carbons (Fsp3) is 0.0588. The first-order valence-corrected chi connectivity index (χ1v) is 7.36. The summed E-state index contributed by atoms with van der Waals surface area (Å²) in [6.07, 6.45) is 0. The molecule has 0 atom stereocenters. The second kappa shape index (κ2) is 4.93. The Bertz CT molecular complexity index is 1110. The van der Waals surface area contributed by atoms with Gasteiger partial charge in [0.05, 0.1) is 16.1 Å². The number of aromatic amines is 1. The Morgan fingerprint density at radius 3 is 2.65 bits per heavy atom. The average molecular weight is 328 g/mol. The highest BCUT2D eigenvalue weighted by atomic mass is 35.5. The van der Waals surface area contributed by atoms with E-state index >= 15 is 0 Å². The van der Waals surface area contributed by atoms with E-state index in [0.717, 1.165) is 16.5 Å². The van der Waals surface area contributed by atoms with Crippen molar-refractivity contribution in [3.8, 4) is 11.1 Å². The van der Waals surface area contributed by atoms with Crippen molar-refractivity contribution < 1.29 is 4.39 Å². The van der Waals surface area contributed by atoms with Crippen LogP contribution in [0.3, 0.4) is 0 Å². The zero-order chi connectivity index (χ0) is 16.1. The molecule has 4 aromatic rings. The first-order valence-electron chi connectivity index (χ1n) is 6.98. The number of imidazole rings is 1. The van der Waals surface area contributed by atoms with Crippen LogP contribution >= 0.6 is 11.6 Å². The molecule has 6 heteroatoms. The van der Waals surface area contributed by atoms with Gasteiger partial charge in [-0.25, -0.2) is 14.2 Å². The molecule has 0 aliphatic carbocycles. The molecule has 0 fully saturated rings. The third-order valence-corrected chi connectivity index (χ3v) is 4.37. The Morgan fingerprint density at radius 1 is 1.17 bits per heavy atom. The van der Waals surface area contributed by atoms with Crippen molar-refractivity contribution in [1.82, 2.24) is 14.5 Å². The molecule has 2 aromatic carbocycles. The highest BCUT2D eigenvalue weighted by Crippen LogP contribution is 2.34. The van der Waals surface area contributed by atoms with Gasteiger partial charge < -0.3 is 0 Å². The van der Waals surface area contributed by atoms with Gasteiger partial charge in [-0.2, -0.15) is 0 Å². The van der Waals surface area contributed by atoms with E-state index in [4.69, 9.17) is 11.6 Å². The van der Waals surface area contributed by atoms with Crippen molar-refractivity contribution in [2.75, 3.05) is 0 Å². The molecule has 114 valence electrons. The lowest BCUT2D eigenvalue weighted by Crippen LogP contribution is -2.11. The molecule has 0 spiro atoms. The van der Waals surface area contributed by atoms with Crippen LogP contribution in [0.25, 0.3) is 33.2 Å². The molecule has 0 unspecified atom stereocenters. The Balaban J connectivity index is 2.03. The monoisotopic (exact) mass is 327 g/mol. The molecule has 0 saturated heterocycles. The van der Waals surface area contributed by atoms with Crippen LogP contribution in [-0.2, 0) is 7.05 Å². The first kappa shape index (κ1) is 14.0. The summed E-state index contributed by atoms with van der Waals surface area (Å²) < 4.78 is 14.6. The molecule has 0 aliphatic heterocycles. The number of halogens is 2. The number of hydrogen-bond donors (Lipinski definition) is 1. The largest absolute Gasteiger partial charge is 0.327 e. The molecule has 4 rings (SSSR count). The lowest BCUT2D eigenvalue weighted by molar-refractivity contribution is 0.628. The number of nitrogens with one attached hydrogen (secondary N) is 1. The normalized spacial score (nSPS) is 11.4. The van der Waals surface area contributed by atoms with Gasteiger partial charge in [0.1, 0.15) is 5.82 Å². The topological polar surface area (TPSA) is 50.7 Å². The lowest BCUT2D eigenvalue weighted by atomic mass is 10.0. The molecule has 0 aliphatic rings. The second-order valence-corrected chi connectivity index (χ2v) is 5.72. The van der Waals surface area contributed by atoms with Crippen molar-refractivity contribution in [3.05, 3.63) is 63.8 Å². The number of pyridine rings is 1. The number of aryl methyl sites for hydroxylation is 1. The van der Waals surface area contributed by atoms with E-state index in [1.807, 2.05) is 18.2 Å². The van der Waals surface area contributed by atoms with Gasteiger partial charge in [0, 0.05) is 18.0 Å². The van der Waals surface area contributed by atoms with Crippen LogP contribution in [0.5, 0.6) is 0 Å². The molecule has 23 heavy (non-hydrogen) atoms. The summed E-state index contributed by atoms with van der Waals surface area (Å²) in [7, 11) is 1.67. The number of benzene rings is 2. The van der Waals surface area contributed by atoms with E-state index in [0.29, 0.717) is 21.7 Å². The van der Waals surface area contributed by atoms with Crippen molar-refractivity contribution >= 4 is 33.7 Å². The molecular weight excluding hydrogens is 317 g/mol. The van der Waals surface area contributed by atoms with E-state index in [1.165, 1.54) is 16.7 Å². The predicted molar refractivity (Wildman–Crippen MR) is 89.2 cm³/mol. The molecule has 0 bridgehead atoms. The van der Waals surface area contributed by atoms with Gasteiger partial charge in [-0.05, 0) is 29.8 Å². The summed E-state index contributed by atoms with van der Waals surface area (Å²) in [6.45, 7) is 0. The summed E-state index contributed by atoms with van der Waals surface area (Å²) in [5.41, 5.74) is 3.28. The van der Waals surface area contributed by atoms with E-state index in [2.05, 4.69) is 9.97 Å². The number of fused-ring (bicyclic) bond motifs is 2. The fourth-order valence-corrected chi connectivity index (χ4v) is 3.02. The van der Waals surface area contributed by atoms with Crippen molar-refractivity contribution in [1.29, 1.82) is 0 Å². The smallest absolute Gasteiger partial charge is 0.294 e. The maximum absolute atomic E-state index is 13.1. The van der Waals surface area contributed by atoms with Crippen LogP contribution in [0, 0.1) is 5.82 Å². The second-order valence-electron chi connectivity index (χ2n) is 5.35. The molecule has 2 aromatic heterocycles. The average Bonchev–Trinajstić information content (AvgIpc) is 2.82. The Morgan fingerprint density at radius 2 is 1.91 bits per heavy atom. The fourth-order valence-electron chi connectivity index (χ4n) is 2.69. The summed E-state index contributed by atoms with van der Waals surface area (Å²) in [5.74, 6) is -0.295. The summed E-state index contributed by atoms with van der Waals surface area (Å²) >= 11 is 6.54. The number of rotatable bonds is 1. The molecule has 0 saturated carbocycles. The quantitative estimate of drug-likeness (QED) is 0.577. The molecule has 1 N–H and O–H groups in total. The Kier molecular flexibility index (Phi) is 2.99. The zero-order valence-corrected chi connectivity index (χ0v) is 12.9. The predicted octanol–water partition coefficient (Wildman–Crippen LogP) is 3.87. The molecule has 0 amide bonds. The number of nitrogens with zero attached hydrogens (tertiary/aromatic N) is 2. The summed E-state index contributed by atoms with van der Waals surface area (Å²) in [5, 5.41) is 1.27. The molecule has 0 radical (unpaired) electrons. The van der Waals surface area contributed by atoms with Gasteiger partial charge in [-0.15, -0.1) is 0 Å². The minimum atomic E-state index is -0.295. The van der Waals surface area contributed by atoms with Gasteiger partial charge in [0.2, 0.25) is 0 Å².